The number of hydrogen-bond donors (Lipinski definition) is 2. The van der Waals surface area contributed by atoms with E-state index in [1.165, 1.54) is 13.0 Å². The van der Waals surface area contributed by atoms with Crippen molar-refractivity contribution in [2.45, 2.75) is 58.1 Å². The second-order valence-corrected chi connectivity index (χ2v) is 4.83. The molecule has 2 N–H and O–H groups in total. The standard InChI is InChI=1S/C14H22N2O4/c1-3-4-9-12(17)20-10(2)13(18)16-14(19)15-11-7-5-6-8-11/h4,9-11H,3,5-8H2,1-2H3,(H2,15,16,18,19)/b9-4+/t10-/m1/s1. The Morgan fingerprint density at radius 1 is 1.30 bits per heavy atom. The lowest BCUT2D eigenvalue weighted by Gasteiger charge is -2.15. The molecule has 0 saturated heterocycles. The molecule has 0 spiro atoms. The summed E-state index contributed by atoms with van der Waals surface area (Å²) >= 11 is 0. The van der Waals surface area contributed by atoms with Crippen LogP contribution in [-0.2, 0) is 14.3 Å². The van der Waals surface area contributed by atoms with Crippen LogP contribution in [-0.4, -0.2) is 30.1 Å². The molecule has 1 atom stereocenters. The average molecular weight is 282 g/mol. The fraction of sp³-hybridized carbons (Fsp3) is 0.643. The maximum atomic E-state index is 11.7. The molecule has 0 aromatic rings. The second-order valence-electron chi connectivity index (χ2n) is 4.83. The van der Waals surface area contributed by atoms with Crippen molar-refractivity contribution in [1.82, 2.24) is 10.6 Å². The SMILES string of the molecule is CC/C=C/C(=O)O[C@H](C)C(=O)NC(=O)NC1CCCC1. The first-order valence-corrected chi connectivity index (χ1v) is 7.01. The van der Waals surface area contributed by atoms with E-state index < -0.39 is 24.0 Å². The number of imide groups is 1. The lowest BCUT2D eigenvalue weighted by atomic mass is 10.2. The third-order valence-electron chi connectivity index (χ3n) is 3.08. The van der Waals surface area contributed by atoms with Crippen molar-refractivity contribution in [2.75, 3.05) is 0 Å². The summed E-state index contributed by atoms with van der Waals surface area (Å²) in [6, 6.07) is -0.401. The van der Waals surface area contributed by atoms with Gasteiger partial charge in [0.25, 0.3) is 5.91 Å². The van der Waals surface area contributed by atoms with Crippen molar-refractivity contribution in [3.8, 4) is 0 Å². The Labute approximate surface area is 118 Å². The second kappa shape index (κ2) is 8.35. The number of hydrogen-bond acceptors (Lipinski definition) is 4. The Balaban J connectivity index is 2.31. The molecule has 3 amide bonds. The summed E-state index contributed by atoms with van der Waals surface area (Å²) in [5.41, 5.74) is 0. The minimum atomic E-state index is -1.00. The molecule has 112 valence electrons. The van der Waals surface area contributed by atoms with Gasteiger partial charge in [-0.2, -0.15) is 0 Å². The molecule has 1 aliphatic rings. The molecule has 0 unspecified atom stereocenters. The molecule has 6 heteroatoms. The molecule has 1 saturated carbocycles. The molecule has 1 fully saturated rings. The number of nitrogens with one attached hydrogen (secondary N) is 2. The Hall–Kier alpha value is -1.85. The highest BCUT2D eigenvalue weighted by Crippen LogP contribution is 2.17. The van der Waals surface area contributed by atoms with Gasteiger partial charge in [-0.3, -0.25) is 10.1 Å². The molecule has 0 aliphatic heterocycles. The van der Waals surface area contributed by atoms with Gasteiger partial charge in [-0.25, -0.2) is 9.59 Å². The number of amides is 3. The Morgan fingerprint density at radius 3 is 2.55 bits per heavy atom. The van der Waals surface area contributed by atoms with E-state index in [9.17, 15) is 14.4 Å². The zero-order chi connectivity index (χ0) is 15.0. The summed E-state index contributed by atoms with van der Waals surface area (Å²) < 4.78 is 4.87. The number of allylic oxidation sites excluding steroid dienone is 1. The van der Waals surface area contributed by atoms with Crippen LogP contribution in [0.1, 0.15) is 46.0 Å². The van der Waals surface area contributed by atoms with Crippen molar-refractivity contribution >= 4 is 17.9 Å². The molecule has 1 aliphatic carbocycles. The molecule has 6 nitrogen and oxygen atoms in total. The first-order chi connectivity index (χ1) is 9.52. The summed E-state index contributed by atoms with van der Waals surface area (Å²) in [5, 5.41) is 4.90. The van der Waals surface area contributed by atoms with Gasteiger partial charge in [-0.15, -0.1) is 0 Å². The highest BCUT2D eigenvalue weighted by molar-refractivity contribution is 5.97. The molecule has 0 heterocycles. The third kappa shape index (κ3) is 5.86. The summed E-state index contributed by atoms with van der Waals surface area (Å²) in [7, 11) is 0. The van der Waals surface area contributed by atoms with Crippen LogP contribution in [0.5, 0.6) is 0 Å². The predicted molar refractivity (Wildman–Crippen MR) is 73.9 cm³/mol. The molecule has 20 heavy (non-hydrogen) atoms. The zero-order valence-corrected chi connectivity index (χ0v) is 12.0. The van der Waals surface area contributed by atoms with E-state index in [-0.39, 0.29) is 6.04 Å². The topological polar surface area (TPSA) is 84.5 Å². The Bertz CT molecular complexity index is 387. The molecule has 0 aromatic heterocycles. The van der Waals surface area contributed by atoms with E-state index in [2.05, 4.69) is 10.6 Å². The van der Waals surface area contributed by atoms with Crippen LogP contribution < -0.4 is 10.6 Å². The van der Waals surface area contributed by atoms with Crippen molar-refractivity contribution in [3.05, 3.63) is 12.2 Å². The van der Waals surface area contributed by atoms with E-state index >= 15 is 0 Å². The van der Waals surface area contributed by atoms with Crippen molar-refractivity contribution in [2.24, 2.45) is 0 Å². The number of rotatable bonds is 5. The number of carbonyl (C=O) groups is 3. The Morgan fingerprint density at radius 2 is 1.95 bits per heavy atom. The highest BCUT2D eigenvalue weighted by atomic mass is 16.5. The third-order valence-corrected chi connectivity index (χ3v) is 3.08. The van der Waals surface area contributed by atoms with Crippen LogP contribution in [0.15, 0.2) is 12.2 Å². The van der Waals surface area contributed by atoms with Gasteiger partial charge >= 0.3 is 12.0 Å². The molecule has 0 radical (unpaired) electrons. The number of ether oxygens (including phenoxy) is 1. The van der Waals surface area contributed by atoms with Gasteiger partial charge in [-0.1, -0.05) is 25.8 Å². The summed E-state index contributed by atoms with van der Waals surface area (Å²) in [6.07, 6.45) is 6.68. The monoisotopic (exact) mass is 282 g/mol. The van der Waals surface area contributed by atoms with Gasteiger partial charge in [0, 0.05) is 12.1 Å². The molecule has 0 aromatic carbocycles. The quantitative estimate of drug-likeness (QED) is 0.593. The fourth-order valence-electron chi connectivity index (χ4n) is 1.99. The van der Waals surface area contributed by atoms with Crippen LogP contribution in [0.3, 0.4) is 0 Å². The predicted octanol–water partition coefficient (Wildman–Crippen LogP) is 1.65. The first-order valence-electron chi connectivity index (χ1n) is 7.01. The van der Waals surface area contributed by atoms with E-state index in [1.54, 1.807) is 6.08 Å². The summed E-state index contributed by atoms with van der Waals surface area (Å²) in [6.45, 7) is 3.31. The number of urea groups is 1. The lowest BCUT2D eigenvalue weighted by molar-refractivity contribution is -0.149. The molecule has 0 bridgehead atoms. The fourth-order valence-corrected chi connectivity index (χ4v) is 1.99. The van der Waals surface area contributed by atoms with Crippen LogP contribution >= 0.6 is 0 Å². The van der Waals surface area contributed by atoms with E-state index in [4.69, 9.17) is 4.74 Å². The molecular weight excluding hydrogens is 260 g/mol. The normalized spacial score (nSPS) is 16.9. The van der Waals surface area contributed by atoms with Gasteiger partial charge in [0.15, 0.2) is 6.10 Å². The first kappa shape index (κ1) is 16.2. The highest BCUT2D eigenvalue weighted by Gasteiger charge is 2.21. The largest absolute Gasteiger partial charge is 0.449 e. The van der Waals surface area contributed by atoms with Crippen LogP contribution in [0.25, 0.3) is 0 Å². The van der Waals surface area contributed by atoms with E-state index in [0.29, 0.717) is 6.42 Å². The molecule has 1 rings (SSSR count). The van der Waals surface area contributed by atoms with Gasteiger partial charge in [-0.05, 0) is 26.2 Å². The van der Waals surface area contributed by atoms with Gasteiger partial charge in [0.2, 0.25) is 0 Å². The lowest BCUT2D eigenvalue weighted by Crippen LogP contribution is -2.47. The van der Waals surface area contributed by atoms with Gasteiger partial charge in [0.1, 0.15) is 0 Å². The summed E-state index contributed by atoms with van der Waals surface area (Å²) in [4.78, 5) is 34.5. The molecular formula is C14H22N2O4. The van der Waals surface area contributed by atoms with E-state index in [1.807, 2.05) is 6.92 Å². The van der Waals surface area contributed by atoms with Crippen LogP contribution in [0, 0.1) is 0 Å². The van der Waals surface area contributed by atoms with Crippen molar-refractivity contribution < 1.29 is 19.1 Å². The summed E-state index contributed by atoms with van der Waals surface area (Å²) in [5.74, 6) is -1.22. The van der Waals surface area contributed by atoms with Crippen molar-refractivity contribution in [1.29, 1.82) is 0 Å². The van der Waals surface area contributed by atoms with Crippen molar-refractivity contribution in [3.63, 3.8) is 0 Å². The minimum Gasteiger partial charge on any atom is -0.449 e. The zero-order valence-electron chi connectivity index (χ0n) is 12.0. The maximum Gasteiger partial charge on any atom is 0.331 e. The van der Waals surface area contributed by atoms with Crippen LogP contribution in [0.2, 0.25) is 0 Å². The smallest absolute Gasteiger partial charge is 0.331 e. The minimum absolute atomic E-state index is 0.133. The van der Waals surface area contributed by atoms with Gasteiger partial charge < -0.3 is 10.1 Å². The van der Waals surface area contributed by atoms with Gasteiger partial charge in [0.05, 0.1) is 0 Å². The number of carbonyl (C=O) groups excluding carboxylic acids is 3. The van der Waals surface area contributed by atoms with Crippen LogP contribution in [0.4, 0.5) is 4.79 Å². The maximum absolute atomic E-state index is 11.7. The number of esters is 1. The van der Waals surface area contributed by atoms with E-state index in [0.717, 1.165) is 25.7 Å². The average Bonchev–Trinajstić information content (AvgIpc) is 2.88. The Kier molecular flexibility index (Phi) is 6.76.